The minimum Gasteiger partial charge on any atom is -0.494 e. The van der Waals surface area contributed by atoms with Crippen LogP contribution in [-0.2, 0) is 14.3 Å². The number of hydrogen-bond acceptors (Lipinski definition) is 6. The molecule has 0 saturated carbocycles. The molecule has 0 aliphatic carbocycles. The van der Waals surface area contributed by atoms with Crippen LogP contribution in [0.1, 0.15) is 50.7 Å². The zero-order valence-electron chi connectivity index (χ0n) is 20.3. The van der Waals surface area contributed by atoms with Gasteiger partial charge in [0.05, 0.1) is 18.1 Å². The first kappa shape index (κ1) is 26.0. The van der Waals surface area contributed by atoms with Gasteiger partial charge in [-0.3, -0.25) is 19.4 Å². The fraction of sp³-hybridized carbons (Fsp3) is 0.440. The molecule has 3 heterocycles. The zero-order valence-corrected chi connectivity index (χ0v) is 20.3. The number of aromatic amines is 1. The molecular weight excluding hydrogens is 450 g/mol. The third-order valence-electron chi connectivity index (χ3n) is 6.22. The number of hydrogen-bond donors (Lipinski definition) is 3. The van der Waals surface area contributed by atoms with Gasteiger partial charge in [0.2, 0.25) is 17.8 Å². The number of carbonyl (C=O) groups is 2. The van der Waals surface area contributed by atoms with Crippen LogP contribution >= 0.6 is 0 Å². The Morgan fingerprint density at radius 3 is 2.49 bits per heavy atom. The molecule has 2 aliphatic rings. The summed E-state index contributed by atoms with van der Waals surface area (Å²) in [4.78, 5) is 48.0. The summed E-state index contributed by atoms with van der Waals surface area (Å²) in [6, 6.07) is 7.03. The van der Waals surface area contributed by atoms with Crippen LogP contribution in [-0.4, -0.2) is 47.0 Å². The van der Waals surface area contributed by atoms with Crippen molar-refractivity contribution in [2.24, 2.45) is 11.8 Å². The molecule has 3 unspecified atom stereocenters. The number of carbonyl (C=O) groups excluding carboxylic acids is 2. The molecule has 0 radical (unpaired) electrons. The van der Waals surface area contributed by atoms with E-state index in [9.17, 15) is 14.4 Å². The van der Waals surface area contributed by atoms with Gasteiger partial charge < -0.3 is 25.7 Å². The van der Waals surface area contributed by atoms with Crippen LogP contribution in [0.5, 0.6) is 0 Å². The number of amides is 2. The van der Waals surface area contributed by atoms with Gasteiger partial charge in [0.15, 0.2) is 0 Å². The molecule has 10 heteroatoms. The lowest BCUT2D eigenvalue weighted by molar-refractivity contribution is -0.123. The van der Waals surface area contributed by atoms with E-state index in [1.165, 1.54) is 0 Å². The predicted molar refractivity (Wildman–Crippen MR) is 135 cm³/mol. The van der Waals surface area contributed by atoms with Gasteiger partial charge in [0.1, 0.15) is 11.6 Å². The van der Waals surface area contributed by atoms with E-state index in [0.29, 0.717) is 35.8 Å². The smallest absolute Gasteiger partial charge is 0.258 e. The summed E-state index contributed by atoms with van der Waals surface area (Å²) in [7, 11) is 0. The van der Waals surface area contributed by atoms with Crippen molar-refractivity contribution in [2.45, 2.75) is 39.5 Å². The zero-order chi connectivity index (χ0) is 24.4. The summed E-state index contributed by atoms with van der Waals surface area (Å²) >= 11 is 0. The van der Waals surface area contributed by atoms with E-state index in [0.717, 1.165) is 25.1 Å². The second-order valence-corrected chi connectivity index (χ2v) is 9.23. The number of piperidine rings is 1. The average molecular weight is 484 g/mol. The molecule has 2 aliphatic heterocycles. The lowest BCUT2D eigenvalue weighted by Gasteiger charge is -2.35. The van der Waals surface area contributed by atoms with Crippen molar-refractivity contribution in [3.05, 3.63) is 52.3 Å². The van der Waals surface area contributed by atoms with Crippen LogP contribution in [0.15, 0.2) is 35.6 Å². The Hall–Kier alpha value is -3.66. The Morgan fingerprint density at radius 1 is 1.20 bits per heavy atom. The monoisotopic (exact) mass is 483 g/mol. The Morgan fingerprint density at radius 2 is 1.86 bits per heavy atom. The van der Waals surface area contributed by atoms with Crippen molar-refractivity contribution in [3.63, 3.8) is 0 Å². The van der Waals surface area contributed by atoms with E-state index in [1.807, 2.05) is 11.8 Å². The molecule has 2 amide bonds. The van der Waals surface area contributed by atoms with Crippen molar-refractivity contribution >= 4 is 35.0 Å². The molecular formula is C25H33N5O5. The number of fused-ring (bicyclic) bond motifs is 1. The van der Waals surface area contributed by atoms with E-state index in [2.05, 4.69) is 41.0 Å². The SMILES string of the molecule is C=C(OCC)c1ccc(NC(=O)C2CC(=O)Nc3nc(N4CC(C)CC(C)C4)[nH]c(=O)c32)cc1.O. The molecule has 5 N–H and O–H groups in total. The van der Waals surface area contributed by atoms with E-state index in [1.54, 1.807) is 24.3 Å². The Kier molecular flexibility index (Phi) is 7.96. The van der Waals surface area contributed by atoms with Crippen LogP contribution in [0.3, 0.4) is 0 Å². The lowest BCUT2D eigenvalue weighted by Crippen LogP contribution is -2.42. The summed E-state index contributed by atoms with van der Waals surface area (Å²) in [6.45, 7) is 12.1. The van der Waals surface area contributed by atoms with Crippen LogP contribution in [0.25, 0.3) is 5.76 Å². The number of nitrogens with one attached hydrogen (secondary N) is 3. The molecule has 10 nitrogen and oxygen atoms in total. The predicted octanol–water partition coefficient (Wildman–Crippen LogP) is 2.50. The maximum Gasteiger partial charge on any atom is 0.258 e. The van der Waals surface area contributed by atoms with Crippen molar-refractivity contribution in [2.75, 3.05) is 35.2 Å². The summed E-state index contributed by atoms with van der Waals surface area (Å²) < 4.78 is 5.40. The molecule has 0 spiro atoms. The first-order valence-corrected chi connectivity index (χ1v) is 11.7. The fourth-order valence-electron chi connectivity index (χ4n) is 4.80. The molecule has 188 valence electrons. The van der Waals surface area contributed by atoms with Crippen molar-refractivity contribution in [1.82, 2.24) is 9.97 Å². The number of nitrogens with zero attached hydrogens (tertiary/aromatic N) is 2. The van der Waals surface area contributed by atoms with E-state index >= 15 is 0 Å². The number of benzene rings is 1. The molecule has 1 aromatic carbocycles. The maximum absolute atomic E-state index is 13.1. The van der Waals surface area contributed by atoms with Crippen molar-refractivity contribution in [1.29, 1.82) is 0 Å². The van der Waals surface area contributed by atoms with Gasteiger partial charge in [-0.15, -0.1) is 0 Å². The number of aromatic nitrogens is 2. The second kappa shape index (κ2) is 10.7. The van der Waals surface area contributed by atoms with Gasteiger partial charge in [-0.25, -0.2) is 0 Å². The number of rotatable bonds is 6. The third kappa shape index (κ3) is 5.71. The van der Waals surface area contributed by atoms with Crippen LogP contribution < -0.4 is 21.1 Å². The summed E-state index contributed by atoms with van der Waals surface area (Å²) in [5, 5.41) is 5.49. The van der Waals surface area contributed by atoms with Crippen LogP contribution in [0.4, 0.5) is 17.5 Å². The molecule has 1 aromatic heterocycles. The van der Waals surface area contributed by atoms with E-state index < -0.39 is 17.4 Å². The minimum absolute atomic E-state index is 0. The second-order valence-electron chi connectivity index (χ2n) is 9.23. The highest BCUT2D eigenvalue weighted by atomic mass is 16.5. The number of H-pyrrole nitrogens is 1. The van der Waals surface area contributed by atoms with Crippen LogP contribution in [0, 0.1) is 11.8 Å². The summed E-state index contributed by atoms with van der Waals surface area (Å²) in [6.07, 6.45) is 0.991. The summed E-state index contributed by atoms with van der Waals surface area (Å²) in [5.41, 5.74) is 1.12. The molecule has 4 rings (SSSR count). The molecule has 3 atom stereocenters. The Bertz CT molecular complexity index is 1150. The quantitative estimate of drug-likeness (QED) is 0.538. The molecule has 2 aromatic rings. The lowest BCUT2D eigenvalue weighted by atomic mass is 9.91. The number of anilines is 3. The van der Waals surface area contributed by atoms with Gasteiger partial charge in [-0.2, -0.15) is 4.98 Å². The molecule has 1 fully saturated rings. The van der Waals surface area contributed by atoms with Crippen molar-refractivity contribution in [3.8, 4) is 0 Å². The first-order chi connectivity index (χ1) is 16.2. The fourth-order valence-corrected chi connectivity index (χ4v) is 4.80. The molecule has 1 saturated heterocycles. The Labute approximate surface area is 204 Å². The van der Waals surface area contributed by atoms with Gasteiger partial charge in [-0.1, -0.05) is 20.4 Å². The highest BCUT2D eigenvalue weighted by molar-refractivity contribution is 6.04. The normalized spacial score (nSPS) is 21.3. The standard InChI is InChI=1S/C25H31N5O4.H2O/c1-5-34-16(4)17-6-8-18(9-7-17)26-23(32)19-11-20(31)27-22-21(19)24(33)29-25(28-22)30-12-14(2)10-15(3)13-30;/h6-9,14-15,19H,4-5,10-13H2,1-3H3,(H,26,32)(H2,27,28,29,31,33);1H2. The average Bonchev–Trinajstić information content (AvgIpc) is 2.78. The van der Waals surface area contributed by atoms with E-state index in [-0.39, 0.29) is 29.2 Å². The van der Waals surface area contributed by atoms with E-state index in [4.69, 9.17) is 4.74 Å². The Balaban J connectivity index is 0.00000342. The topological polar surface area (TPSA) is 148 Å². The maximum atomic E-state index is 13.1. The minimum atomic E-state index is -0.939. The molecule has 0 bridgehead atoms. The molecule has 35 heavy (non-hydrogen) atoms. The third-order valence-corrected chi connectivity index (χ3v) is 6.22. The van der Waals surface area contributed by atoms with Crippen molar-refractivity contribution < 1.29 is 19.8 Å². The van der Waals surface area contributed by atoms with Crippen LogP contribution in [0.2, 0.25) is 0 Å². The van der Waals surface area contributed by atoms with Gasteiger partial charge >= 0.3 is 0 Å². The highest BCUT2D eigenvalue weighted by Gasteiger charge is 2.35. The van der Waals surface area contributed by atoms with Gasteiger partial charge in [0, 0.05) is 30.8 Å². The first-order valence-electron chi connectivity index (χ1n) is 11.7. The van der Waals surface area contributed by atoms with Gasteiger partial charge in [-0.05, 0) is 49.4 Å². The highest BCUT2D eigenvalue weighted by Crippen LogP contribution is 2.31. The van der Waals surface area contributed by atoms with Gasteiger partial charge in [0.25, 0.3) is 5.56 Å². The number of ether oxygens (including phenoxy) is 1. The largest absolute Gasteiger partial charge is 0.494 e. The summed E-state index contributed by atoms with van der Waals surface area (Å²) in [5.74, 6) is 0.340.